The second-order valence-electron chi connectivity index (χ2n) is 4.76. The number of thioether (sulfide) groups is 1. The number of carboxylic acids is 1. The number of halogens is 1. The summed E-state index contributed by atoms with van der Waals surface area (Å²) in [4.78, 5) is 25.4. The third-order valence-corrected chi connectivity index (χ3v) is 5.84. The van der Waals surface area contributed by atoms with E-state index in [0.717, 1.165) is 14.9 Å². The minimum Gasteiger partial charge on any atom is -0.481 e. The molecular formula is C14H16INO3S. The first-order valence-corrected chi connectivity index (χ1v) is 8.59. The van der Waals surface area contributed by atoms with Gasteiger partial charge in [0.25, 0.3) is 5.91 Å². The maximum Gasteiger partial charge on any atom is 0.305 e. The summed E-state index contributed by atoms with van der Waals surface area (Å²) in [7, 11) is 0. The molecule has 1 aliphatic heterocycles. The Balaban J connectivity index is 2.25. The van der Waals surface area contributed by atoms with Gasteiger partial charge >= 0.3 is 5.97 Å². The molecule has 1 fully saturated rings. The van der Waals surface area contributed by atoms with Crippen molar-refractivity contribution < 1.29 is 14.7 Å². The van der Waals surface area contributed by atoms with Crippen molar-refractivity contribution in [2.24, 2.45) is 0 Å². The largest absolute Gasteiger partial charge is 0.481 e. The molecule has 6 heteroatoms. The second-order valence-corrected chi connectivity index (χ2v) is 6.99. The molecule has 1 saturated heterocycles. The third kappa shape index (κ3) is 3.46. The van der Waals surface area contributed by atoms with Crippen LogP contribution in [0.2, 0.25) is 0 Å². The van der Waals surface area contributed by atoms with Gasteiger partial charge in [-0.15, -0.1) is 0 Å². The predicted octanol–water partition coefficient (Wildman–Crippen LogP) is 2.63. The molecule has 0 bridgehead atoms. The number of nitrogens with zero attached hydrogens (tertiary/aromatic N) is 1. The lowest BCUT2D eigenvalue weighted by molar-refractivity contribution is -0.138. The molecule has 20 heavy (non-hydrogen) atoms. The highest BCUT2D eigenvalue weighted by Gasteiger charge is 2.30. The molecule has 1 aromatic carbocycles. The molecule has 0 radical (unpaired) electrons. The molecule has 108 valence electrons. The first-order chi connectivity index (χ1) is 9.50. The summed E-state index contributed by atoms with van der Waals surface area (Å²) < 4.78 is 0.947. The topological polar surface area (TPSA) is 57.6 Å². The van der Waals surface area contributed by atoms with E-state index in [1.807, 2.05) is 25.1 Å². The van der Waals surface area contributed by atoms with Gasteiger partial charge in [-0.3, -0.25) is 9.59 Å². The predicted molar refractivity (Wildman–Crippen MR) is 88.3 cm³/mol. The van der Waals surface area contributed by atoms with Crippen molar-refractivity contribution in [2.75, 3.05) is 18.1 Å². The van der Waals surface area contributed by atoms with Gasteiger partial charge in [-0.2, -0.15) is 11.8 Å². The first-order valence-electron chi connectivity index (χ1n) is 6.36. The summed E-state index contributed by atoms with van der Waals surface area (Å²) in [5.41, 5.74) is 1.74. The van der Waals surface area contributed by atoms with Crippen molar-refractivity contribution in [1.82, 2.24) is 4.90 Å². The fourth-order valence-corrected chi connectivity index (χ4v) is 3.91. The van der Waals surface area contributed by atoms with Gasteiger partial charge in [-0.05, 0) is 41.1 Å². The van der Waals surface area contributed by atoms with E-state index in [2.05, 4.69) is 22.6 Å². The lowest BCUT2D eigenvalue weighted by atomic mass is 10.1. The molecule has 1 aromatic rings. The molecule has 1 heterocycles. The van der Waals surface area contributed by atoms with E-state index in [-0.39, 0.29) is 18.4 Å². The van der Waals surface area contributed by atoms with Gasteiger partial charge in [0.15, 0.2) is 0 Å². The Hall–Kier alpha value is -0.760. The number of carbonyl (C=O) groups excluding carboxylic acids is 1. The van der Waals surface area contributed by atoms with Crippen LogP contribution >= 0.6 is 34.4 Å². The molecular weight excluding hydrogens is 389 g/mol. The van der Waals surface area contributed by atoms with Gasteiger partial charge in [0.1, 0.15) is 0 Å². The fraction of sp³-hybridized carbons (Fsp3) is 0.429. The number of hydrogen-bond donors (Lipinski definition) is 1. The highest BCUT2D eigenvalue weighted by molar-refractivity contribution is 14.1. The van der Waals surface area contributed by atoms with E-state index in [9.17, 15) is 9.59 Å². The zero-order chi connectivity index (χ0) is 14.7. The van der Waals surface area contributed by atoms with Crippen molar-refractivity contribution >= 4 is 46.2 Å². The van der Waals surface area contributed by atoms with E-state index < -0.39 is 5.97 Å². The van der Waals surface area contributed by atoms with Crippen LogP contribution in [0.4, 0.5) is 0 Å². The van der Waals surface area contributed by atoms with Gasteiger partial charge < -0.3 is 10.0 Å². The number of amides is 1. The molecule has 2 rings (SSSR count). The van der Waals surface area contributed by atoms with E-state index in [4.69, 9.17) is 5.11 Å². The number of rotatable bonds is 3. The van der Waals surface area contributed by atoms with Crippen molar-refractivity contribution in [2.45, 2.75) is 19.4 Å². The van der Waals surface area contributed by atoms with Crippen molar-refractivity contribution in [1.29, 1.82) is 0 Å². The number of carbonyl (C=O) groups is 2. The van der Waals surface area contributed by atoms with Crippen LogP contribution in [0.5, 0.6) is 0 Å². The quantitative estimate of drug-likeness (QED) is 0.786. The molecule has 1 amide bonds. The molecule has 1 aliphatic rings. The number of benzene rings is 1. The van der Waals surface area contributed by atoms with Crippen LogP contribution in [-0.2, 0) is 4.79 Å². The Kier molecular flexibility index (Phi) is 5.31. The SMILES string of the molecule is Cc1cccc(C(=O)N2CCSCC2CC(=O)O)c1I. The van der Waals surface area contributed by atoms with Gasteiger partial charge in [0, 0.05) is 21.6 Å². The zero-order valence-corrected chi connectivity index (χ0v) is 14.1. The number of carboxylic acid groups (broad SMARTS) is 1. The maximum absolute atomic E-state index is 12.7. The first kappa shape index (κ1) is 15.6. The molecule has 4 nitrogen and oxygen atoms in total. The van der Waals surface area contributed by atoms with Gasteiger partial charge in [0.05, 0.1) is 18.0 Å². The van der Waals surface area contributed by atoms with E-state index in [1.165, 1.54) is 0 Å². The molecule has 0 spiro atoms. The summed E-state index contributed by atoms with van der Waals surface area (Å²) in [5.74, 6) is 0.656. The normalized spacial score (nSPS) is 18.9. The van der Waals surface area contributed by atoms with E-state index in [0.29, 0.717) is 17.9 Å². The number of aliphatic carboxylic acids is 1. The number of hydrogen-bond acceptors (Lipinski definition) is 3. The Bertz CT molecular complexity index is 535. The van der Waals surface area contributed by atoms with Crippen molar-refractivity contribution in [3.8, 4) is 0 Å². The smallest absolute Gasteiger partial charge is 0.305 e. The fourth-order valence-electron chi connectivity index (χ4n) is 2.26. The Morgan fingerprint density at radius 2 is 2.25 bits per heavy atom. The van der Waals surface area contributed by atoms with Gasteiger partial charge in [0.2, 0.25) is 0 Å². The van der Waals surface area contributed by atoms with E-state index in [1.54, 1.807) is 16.7 Å². The third-order valence-electron chi connectivity index (χ3n) is 3.32. The zero-order valence-electron chi connectivity index (χ0n) is 11.1. The lowest BCUT2D eigenvalue weighted by Gasteiger charge is -2.35. The Morgan fingerprint density at radius 3 is 2.95 bits per heavy atom. The number of aryl methyl sites for hydroxylation is 1. The lowest BCUT2D eigenvalue weighted by Crippen LogP contribution is -2.47. The van der Waals surface area contributed by atoms with Crippen molar-refractivity contribution in [3.05, 3.63) is 32.9 Å². The minimum atomic E-state index is -0.853. The monoisotopic (exact) mass is 405 g/mol. The van der Waals surface area contributed by atoms with Gasteiger partial charge in [-0.1, -0.05) is 12.1 Å². The van der Waals surface area contributed by atoms with Crippen LogP contribution in [0, 0.1) is 10.5 Å². The minimum absolute atomic E-state index is 0.0150. The highest BCUT2D eigenvalue weighted by Crippen LogP contribution is 2.24. The van der Waals surface area contributed by atoms with Crippen molar-refractivity contribution in [3.63, 3.8) is 0 Å². The Morgan fingerprint density at radius 1 is 1.50 bits per heavy atom. The van der Waals surface area contributed by atoms with Crippen LogP contribution in [0.15, 0.2) is 18.2 Å². The summed E-state index contributed by atoms with van der Waals surface area (Å²) in [6.07, 6.45) is 0.0150. The van der Waals surface area contributed by atoms with Crippen LogP contribution in [0.3, 0.4) is 0 Å². The molecule has 1 unspecified atom stereocenters. The second kappa shape index (κ2) is 6.80. The molecule has 0 saturated carbocycles. The Labute approximate surface area is 136 Å². The molecule has 0 aromatic heterocycles. The van der Waals surface area contributed by atoms with E-state index >= 15 is 0 Å². The summed E-state index contributed by atoms with van der Waals surface area (Å²) in [6, 6.07) is 5.45. The maximum atomic E-state index is 12.7. The molecule has 1 N–H and O–H groups in total. The molecule has 0 aliphatic carbocycles. The van der Waals surface area contributed by atoms with Gasteiger partial charge in [-0.25, -0.2) is 0 Å². The highest BCUT2D eigenvalue weighted by atomic mass is 127. The van der Waals surface area contributed by atoms with Crippen LogP contribution in [-0.4, -0.2) is 46.0 Å². The average molecular weight is 405 g/mol. The molecule has 1 atom stereocenters. The van der Waals surface area contributed by atoms with Crippen LogP contribution in [0.25, 0.3) is 0 Å². The summed E-state index contributed by atoms with van der Waals surface area (Å²) in [5, 5.41) is 8.99. The van der Waals surface area contributed by atoms with Crippen LogP contribution in [0.1, 0.15) is 22.3 Å². The average Bonchev–Trinajstić information content (AvgIpc) is 2.41. The summed E-state index contributed by atoms with van der Waals surface area (Å²) in [6.45, 7) is 2.59. The summed E-state index contributed by atoms with van der Waals surface area (Å²) >= 11 is 3.89. The van der Waals surface area contributed by atoms with Crippen LogP contribution < -0.4 is 0 Å². The standard InChI is InChI=1S/C14H16INO3S/c1-9-3-2-4-11(13(9)15)14(19)16-5-6-20-8-10(16)7-12(17)18/h2-4,10H,5-8H2,1H3,(H,17,18).